The standard InChI is InChI=1S/C50H56N10O6/c1-65-49(63)57-43(33-11-5-3-6-12-33)47(61)59-25-9-15-40(59)45-52-29-39(55-45)36-22-24-38-35(27-36)21-23-37(54-38)32-19-17-31(18-20-32)28-51-42-30-53-46(56-42)41-16-10-26-60(41)48(62)44(58-50(64)66-2)34-13-7-4-8-14-34/h3-8,11-14,21-24,27,29-32,40-41,43-44,51H,9-10,15-20,25-26,28H2,1-2H3,(H,52,55)(H,53,56)(H,57,63)(H,58,64). The van der Waals surface area contributed by atoms with Crippen LogP contribution in [0.5, 0.6) is 0 Å². The van der Waals surface area contributed by atoms with Gasteiger partial charge in [0.2, 0.25) is 0 Å². The lowest BCUT2D eigenvalue weighted by Crippen LogP contribution is -2.42. The number of imidazole rings is 2. The molecule has 0 spiro atoms. The normalized spacial score (nSPS) is 20.4. The summed E-state index contributed by atoms with van der Waals surface area (Å²) in [5.74, 6) is 2.77. The molecule has 6 aromatic rings. The SMILES string of the molecule is COC(=O)NC(C(=O)N1CCCC1c1ncc(NCC2CCC(c3ccc4cc(-c5cnc(C6CCCN6C(=O)C(NC(=O)OC)c6ccccc6)[nH]5)ccc4n3)CC2)[nH]1)c1ccccc1. The van der Waals surface area contributed by atoms with Crippen LogP contribution in [-0.2, 0) is 19.1 Å². The number of methoxy groups -OCH3 is 2. The molecule has 5 N–H and O–H groups in total. The van der Waals surface area contributed by atoms with E-state index in [1.165, 1.54) is 14.2 Å². The van der Waals surface area contributed by atoms with E-state index in [0.29, 0.717) is 41.9 Å². The van der Waals surface area contributed by atoms with Gasteiger partial charge in [0, 0.05) is 42.2 Å². The largest absolute Gasteiger partial charge is 0.453 e. The number of aromatic amines is 2. The van der Waals surface area contributed by atoms with Crippen LogP contribution >= 0.6 is 0 Å². The summed E-state index contributed by atoms with van der Waals surface area (Å²) in [7, 11) is 2.58. The van der Waals surface area contributed by atoms with E-state index in [2.05, 4.69) is 61.2 Å². The molecule has 5 heterocycles. The van der Waals surface area contributed by atoms with Crippen LogP contribution in [-0.4, -0.2) is 92.6 Å². The number of pyridine rings is 1. The van der Waals surface area contributed by atoms with Crippen molar-refractivity contribution >= 4 is 40.7 Å². The number of hydrogen-bond donors (Lipinski definition) is 5. The van der Waals surface area contributed by atoms with Gasteiger partial charge in [-0.2, -0.15) is 0 Å². The Bertz CT molecular complexity index is 2650. The molecule has 0 radical (unpaired) electrons. The minimum absolute atomic E-state index is 0.194. The maximum Gasteiger partial charge on any atom is 0.407 e. The molecule has 1 aliphatic carbocycles. The van der Waals surface area contributed by atoms with Gasteiger partial charge >= 0.3 is 12.2 Å². The molecule has 3 aromatic heterocycles. The third kappa shape index (κ3) is 9.58. The molecular formula is C50H56N10O6. The highest BCUT2D eigenvalue weighted by Crippen LogP contribution is 2.38. The summed E-state index contributed by atoms with van der Waals surface area (Å²) in [6.45, 7) is 1.95. The van der Waals surface area contributed by atoms with E-state index in [-0.39, 0.29) is 23.9 Å². The van der Waals surface area contributed by atoms with Crippen LogP contribution in [0, 0.1) is 5.92 Å². The molecule has 16 nitrogen and oxygen atoms in total. The molecule has 342 valence electrons. The molecular weight excluding hydrogens is 837 g/mol. The maximum atomic E-state index is 14.0. The van der Waals surface area contributed by atoms with Crippen LogP contribution < -0.4 is 16.0 Å². The molecule has 66 heavy (non-hydrogen) atoms. The van der Waals surface area contributed by atoms with Gasteiger partial charge in [0.15, 0.2) is 0 Å². The monoisotopic (exact) mass is 892 g/mol. The first-order chi connectivity index (χ1) is 32.3. The second-order valence-electron chi connectivity index (χ2n) is 17.4. The number of likely N-dealkylation sites (tertiary alicyclic amines) is 2. The minimum Gasteiger partial charge on any atom is -0.453 e. The number of rotatable bonds is 13. The van der Waals surface area contributed by atoms with Gasteiger partial charge in [-0.25, -0.2) is 19.6 Å². The van der Waals surface area contributed by atoms with E-state index in [1.807, 2.05) is 66.9 Å². The van der Waals surface area contributed by atoms with Gasteiger partial charge in [0.1, 0.15) is 29.6 Å². The number of nitrogens with zero attached hydrogens (tertiary/aromatic N) is 5. The number of aromatic nitrogens is 5. The van der Waals surface area contributed by atoms with Crippen molar-refractivity contribution in [2.24, 2.45) is 5.92 Å². The average Bonchev–Trinajstić information content (AvgIpc) is 4.22. The first-order valence-corrected chi connectivity index (χ1v) is 22.9. The van der Waals surface area contributed by atoms with Crippen molar-refractivity contribution in [3.63, 3.8) is 0 Å². The Kier molecular flexibility index (Phi) is 13.3. The minimum atomic E-state index is -0.878. The number of H-pyrrole nitrogens is 2. The third-order valence-electron chi connectivity index (χ3n) is 13.4. The Balaban J connectivity index is 0.785. The highest BCUT2D eigenvalue weighted by Gasteiger charge is 2.39. The van der Waals surface area contributed by atoms with Crippen molar-refractivity contribution in [3.8, 4) is 11.3 Å². The van der Waals surface area contributed by atoms with Crippen LogP contribution in [0.25, 0.3) is 22.2 Å². The smallest absolute Gasteiger partial charge is 0.407 e. The zero-order valence-electron chi connectivity index (χ0n) is 37.2. The zero-order chi connectivity index (χ0) is 45.6. The summed E-state index contributed by atoms with van der Waals surface area (Å²) >= 11 is 0. The average molecular weight is 893 g/mol. The number of ether oxygens (including phenoxy) is 2. The summed E-state index contributed by atoms with van der Waals surface area (Å²) in [4.78, 5) is 77.4. The van der Waals surface area contributed by atoms with Crippen LogP contribution in [0.3, 0.4) is 0 Å². The second kappa shape index (κ2) is 19.9. The Morgan fingerprint density at radius 1 is 0.682 bits per heavy atom. The van der Waals surface area contributed by atoms with Gasteiger partial charge in [0.25, 0.3) is 11.8 Å². The number of carbonyl (C=O) groups excluding carboxylic acids is 4. The van der Waals surface area contributed by atoms with Gasteiger partial charge < -0.3 is 45.2 Å². The lowest BCUT2D eigenvalue weighted by Gasteiger charge is -2.29. The number of anilines is 1. The molecule has 2 saturated heterocycles. The number of amides is 4. The summed E-state index contributed by atoms with van der Waals surface area (Å²) in [6.07, 6.45) is 9.77. The molecule has 16 heteroatoms. The van der Waals surface area contributed by atoms with E-state index in [9.17, 15) is 19.2 Å². The molecule has 4 unspecified atom stereocenters. The topological polar surface area (TPSA) is 200 Å². The van der Waals surface area contributed by atoms with Gasteiger partial charge in [-0.1, -0.05) is 72.8 Å². The van der Waals surface area contributed by atoms with Crippen molar-refractivity contribution in [3.05, 3.63) is 132 Å². The maximum absolute atomic E-state index is 14.0. The van der Waals surface area contributed by atoms with Gasteiger partial charge in [0.05, 0.1) is 49.9 Å². The van der Waals surface area contributed by atoms with Crippen LogP contribution in [0.2, 0.25) is 0 Å². The predicted octanol–water partition coefficient (Wildman–Crippen LogP) is 8.26. The van der Waals surface area contributed by atoms with Crippen molar-refractivity contribution in [1.82, 2.24) is 45.4 Å². The Morgan fingerprint density at radius 3 is 1.85 bits per heavy atom. The van der Waals surface area contributed by atoms with Crippen molar-refractivity contribution < 1.29 is 28.7 Å². The van der Waals surface area contributed by atoms with Gasteiger partial charge in [-0.05, 0) is 86.6 Å². The summed E-state index contributed by atoms with van der Waals surface area (Å²) < 4.78 is 9.68. The fourth-order valence-corrected chi connectivity index (χ4v) is 9.88. The Hall–Kier alpha value is -7.23. The summed E-state index contributed by atoms with van der Waals surface area (Å²) in [5, 5.41) is 10.1. The zero-order valence-corrected chi connectivity index (χ0v) is 37.2. The molecule has 3 aromatic carbocycles. The molecule has 2 aliphatic heterocycles. The summed E-state index contributed by atoms with van der Waals surface area (Å²) in [5.41, 5.74) is 5.29. The first-order valence-electron chi connectivity index (χ1n) is 22.9. The molecule has 3 aliphatic rings. The van der Waals surface area contributed by atoms with E-state index in [1.54, 1.807) is 16.0 Å². The lowest BCUT2D eigenvalue weighted by atomic mass is 9.80. The van der Waals surface area contributed by atoms with Crippen molar-refractivity contribution in [2.45, 2.75) is 81.5 Å². The third-order valence-corrected chi connectivity index (χ3v) is 13.4. The Morgan fingerprint density at radius 2 is 1.26 bits per heavy atom. The number of carbonyl (C=O) groups is 4. The highest BCUT2D eigenvalue weighted by atomic mass is 16.5. The molecule has 9 rings (SSSR count). The number of fused-ring (bicyclic) bond motifs is 1. The van der Waals surface area contributed by atoms with E-state index >= 15 is 0 Å². The predicted molar refractivity (Wildman–Crippen MR) is 248 cm³/mol. The van der Waals surface area contributed by atoms with Gasteiger partial charge in [-0.15, -0.1) is 0 Å². The summed E-state index contributed by atoms with van der Waals surface area (Å²) in [6, 6.07) is 26.8. The van der Waals surface area contributed by atoms with Crippen LogP contribution in [0.4, 0.5) is 15.4 Å². The lowest BCUT2D eigenvalue weighted by molar-refractivity contribution is -0.135. The number of alkyl carbamates (subject to hydrolysis) is 2. The van der Waals surface area contributed by atoms with Crippen molar-refractivity contribution in [1.29, 1.82) is 0 Å². The Labute approximate surface area is 383 Å². The quantitative estimate of drug-likeness (QED) is 0.0752. The fourth-order valence-electron chi connectivity index (χ4n) is 9.88. The fraction of sp³-hybridized carbons (Fsp3) is 0.380. The molecule has 4 amide bonds. The number of hydrogen-bond acceptors (Lipinski definition) is 10. The molecule has 0 bridgehead atoms. The van der Waals surface area contributed by atoms with E-state index in [0.717, 1.165) is 97.4 Å². The van der Waals surface area contributed by atoms with Crippen molar-refractivity contribution in [2.75, 3.05) is 39.2 Å². The highest BCUT2D eigenvalue weighted by molar-refractivity contribution is 5.88. The molecule has 4 atom stereocenters. The first kappa shape index (κ1) is 44.0. The van der Waals surface area contributed by atoms with Crippen LogP contribution in [0.1, 0.15) is 110 Å². The molecule has 1 saturated carbocycles. The molecule has 3 fully saturated rings. The second-order valence-corrected chi connectivity index (χ2v) is 17.4. The van der Waals surface area contributed by atoms with Gasteiger partial charge in [-0.3, -0.25) is 14.6 Å². The van der Waals surface area contributed by atoms with E-state index < -0.39 is 24.3 Å². The number of benzene rings is 3. The number of nitrogens with one attached hydrogen (secondary N) is 5. The van der Waals surface area contributed by atoms with Crippen LogP contribution in [0.15, 0.2) is 103 Å². The van der Waals surface area contributed by atoms with E-state index in [4.69, 9.17) is 19.4 Å².